The van der Waals surface area contributed by atoms with Crippen LogP contribution in [0.25, 0.3) is 0 Å². The van der Waals surface area contributed by atoms with Crippen molar-refractivity contribution in [3.63, 3.8) is 0 Å². The van der Waals surface area contributed by atoms with Gasteiger partial charge in [-0.05, 0) is 99.4 Å². The number of hydrogen-bond acceptors (Lipinski definition) is 8. The number of aromatic nitrogens is 2. The van der Waals surface area contributed by atoms with Crippen LogP contribution in [0.5, 0.6) is 17.4 Å². The molecule has 1 aliphatic heterocycles. The van der Waals surface area contributed by atoms with Gasteiger partial charge in [0.1, 0.15) is 18.1 Å². The van der Waals surface area contributed by atoms with Crippen LogP contribution in [0, 0.1) is 13.8 Å². The quantitative estimate of drug-likeness (QED) is 0.218. The van der Waals surface area contributed by atoms with Crippen LogP contribution in [-0.4, -0.2) is 54.3 Å². The highest BCUT2D eigenvalue weighted by molar-refractivity contribution is 5.98. The first-order chi connectivity index (χ1) is 20.5. The van der Waals surface area contributed by atoms with Gasteiger partial charge in [-0.25, -0.2) is 14.7 Å². The number of piperidine rings is 1. The topological polar surface area (TPSA) is 89.0 Å². The standard InChI is InChI=1S/C33H37N5O4/c1-24-8-7-9-25(2)31(24)38(27-12-16-28(40-3)17-13-27)33(39)42-30-18-19-34-32(36-30)35-26-10-14-29(15-11-26)41-23-22-37-20-5-4-6-21-37/h7-19H,4-6,20-23H2,1-3H3,(H,34,35,36). The normalized spacial score (nSPS) is 13.3. The maximum Gasteiger partial charge on any atom is 0.425 e. The Morgan fingerprint density at radius 3 is 2.29 bits per heavy atom. The number of para-hydroxylation sites is 1. The zero-order valence-corrected chi connectivity index (χ0v) is 24.4. The molecule has 42 heavy (non-hydrogen) atoms. The van der Waals surface area contributed by atoms with Crippen molar-refractivity contribution in [3.8, 4) is 17.4 Å². The second-order valence-corrected chi connectivity index (χ2v) is 10.3. The monoisotopic (exact) mass is 567 g/mol. The van der Waals surface area contributed by atoms with Crippen molar-refractivity contribution in [3.05, 3.63) is 90.1 Å². The molecule has 1 fully saturated rings. The van der Waals surface area contributed by atoms with Crippen molar-refractivity contribution in [2.45, 2.75) is 33.1 Å². The maximum atomic E-state index is 13.6. The number of benzene rings is 3. The van der Waals surface area contributed by atoms with E-state index >= 15 is 0 Å². The summed E-state index contributed by atoms with van der Waals surface area (Å²) in [6, 6.07) is 22.3. The Hall–Kier alpha value is -4.63. The highest BCUT2D eigenvalue weighted by Crippen LogP contribution is 2.33. The summed E-state index contributed by atoms with van der Waals surface area (Å²) in [6.07, 6.45) is 4.84. The number of anilines is 4. The second kappa shape index (κ2) is 13.8. The largest absolute Gasteiger partial charge is 0.497 e. The minimum Gasteiger partial charge on any atom is -0.497 e. The number of likely N-dealkylation sites (tertiary alicyclic amines) is 1. The summed E-state index contributed by atoms with van der Waals surface area (Å²) >= 11 is 0. The minimum absolute atomic E-state index is 0.125. The number of amides is 1. The number of methoxy groups -OCH3 is 1. The van der Waals surface area contributed by atoms with Crippen molar-refractivity contribution in [2.24, 2.45) is 0 Å². The summed E-state index contributed by atoms with van der Waals surface area (Å²) in [7, 11) is 1.60. The molecule has 0 spiro atoms. The number of rotatable bonds is 10. The molecule has 1 aromatic heterocycles. The van der Waals surface area contributed by atoms with Gasteiger partial charge in [0.05, 0.1) is 18.5 Å². The number of carbonyl (C=O) groups is 1. The van der Waals surface area contributed by atoms with Gasteiger partial charge in [0, 0.05) is 24.5 Å². The van der Waals surface area contributed by atoms with Gasteiger partial charge in [0.15, 0.2) is 0 Å². The van der Waals surface area contributed by atoms with Crippen LogP contribution in [0.4, 0.5) is 27.8 Å². The summed E-state index contributed by atoms with van der Waals surface area (Å²) in [4.78, 5) is 26.4. The molecule has 9 heteroatoms. The molecule has 0 aliphatic carbocycles. The van der Waals surface area contributed by atoms with Crippen LogP contribution in [0.3, 0.4) is 0 Å². The molecule has 1 N–H and O–H groups in total. The minimum atomic E-state index is -0.590. The smallest absolute Gasteiger partial charge is 0.425 e. The Bertz CT molecular complexity index is 1450. The number of aryl methyl sites for hydroxylation is 2. The van der Waals surface area contributed by atoms with E-state index in [1.165, 1.54) is 19.3 Å². The molecule has 0 saturated carbocycles. The fourth-order valence-electron chi connectivity index (χ4n) is 5.05. The molecule has 0 atom stereocenters. The SMILES string of the molecule is COc1ccc(N(C(=O)Oc2ccnc(Nc3ccc(OCCN4CCCCC4)cc3)n2)c2c(C)cccc2C)cc1. The molecule has 2 heterocycles. The molecule has 0 radical (unpaired) electrons. The molecule has 9 nitrogen and oxygen atoms in total. The molecule has 1 amide bonds. The highest BCUT2D eigenvalue weighted by atomic mass is 16.6. The number of nitrogens with one attached hydrogen (secondary N) is 1. The predicted octanol–water partition coefficient (Wildman–Crippen LogP) is 7.05. The Morgan fingerprint density at radius 2 is 1.60 bits per heavy atom. The lowest BCUT2D eigenvalue weighted by Gasteiger charge is -2.26. The first-order valence-corrected chi connectivity index (χ1v) is 14.3. The Labute approximate surface area is 247 Å². The van der Waals surface area contributed by atoms with Gasteiger partial charge in [-0.15, -0.1) is 0 Å². The van der Waals surface area contributed by atoms with Crippen molar-refractivity contribution >= 4 is 29.1 Å². The van der Waals surface area contributed by atoms with Crippen molar-refractivity contribution in [1.82, 2.24) is 14.9 Å². The second-order valence-electron chi connectivity index (χ2n) is 10.3. The van der Waals surface area contributed by atoms with Gasteiger partial charge in [0.25, 0.3) is 0 Å². The van der Waals surface area contributed by atoms with E-state index in [-0.39, 0.29) is 5.88 Å². The molecule has 0 bridgehead atoms. The van der Waals surface area contributed by atoms with Gasteiger partial charge < -0.3 is 19.5 Å². The average molecular weight is 568 g/mol. The zero-order chi connectivity index (χ0) is 29.3. The third-order valence-corrected chi connectivity index (χ3v) is 7.23. The maximum absolute atomic E-state index is 13.6. The lowest BCUT2D eigenvalue weighted by Crippen LogP contribution is -2.33. The summed E-state index contributed by atoms with van der Waals surface area (Å²) in [5.74, 6) is 1.94. The van der Waals surface area contributed by atoms with E-state index in [0.29, 0.717) is 24.0 Å². The number of carbonyl (C=O) groups excluding carboxylic acids is 1. The summed E-state index contributed by atoms with van der Waals surface area (Å²) < 4.78 is 17.0. The van der Waals surface area contributed by atoms with Gasteiger partial charge in [-0.1, -0.05) is 24.6 Å². The van der Waals surface area contributed by atoms with E-state index in [2.05, 4.69) is 20.2 Å². The van der Waals surface area contributed by atoms with E-state index in [9.17, 15) is 4.79 Å². The number of ether oxygens (including phenoxy) is 3. The Balaban J connectivity index is 1.25. The fraction of sp³-hybridized carbons (Fsp3) is 0.303. The summed E-state index contributed by atoms with van der Waals surface area (Å²) in [6.45, 7) is 7.85. The third-order valence-electron chi connectivity index (χ3n) is 7.23. The van der Waals surface area contributed by atoms with Crippen molar-refractivity contribution in [1.29, 1.82) is 0 Å². The molecule has 4 aromatic rings. The highest BCUT2D eigenvalue weighted by Gasteiger charge is 2.24. The Kier molecular flexibility index (Phi) is 9.51. The summed E-state index contributed by atoms with van der Waals surface area (Å²) in [5.41, 5.74) is 4.05. The molecular weight excluding hydrogens is 530 g/mol. The van der Waals surface area contributed by atoms with Crippen LogP contribution >= 0.6 is 0 Å². The van der Waals surface area contributed by atoms with Gasteiger partial charge in [0.2, 0.25) is 11.8 Å². The predicted molar refractivity (Wildman–Crippen MR) is 165 cm³/mol. The molecule has 3 aromatic carbocycles. The van der Waals surface area contributed by atoms with Crippen molar-refractivity contribution in [2.75, 3.05) is 43.6 Å². The van der Waals surface area contributed by atoms with Crippen LogP contribution in [0.2, 0.25) is 0 Å². The third kappa shape index (κ3) is 7.36. The van der Waals surface area contributed by atoms with E-state index in [4.69, 9.17) is 14.2 Å². The fourth-order valence-corrected chi connectivity index (χ4v) is 5.05. The van der Waals surface area contributed by atoms with Crippen LogP contribution < -0.4 is 24.4 Å². The molecule has 1 aliphatic rings. The van der Waals surface area contributed by atoms with Crippen LogP contribution in [-0.2, 0) is 0 Å². The summed E-state index contributed by atoms with van der Waals surface area (Å²) in [5, 5.41) is 3.17. The lowest BCUT2D eigenvalue weighted by molar-refractivity contribution is 0.183. The molecular formula is C33H37N5O4. The first-order valence-electron chi connectivity index (χ1n) is 14.3. The van der Waals surface area contributed by atoms with Gasteiger partial charge in [-0.3, -0.25) is 4.90 Å². The lowest BCUT2D eigenvalue weighted by atomic mass is 10.1. The van der Waals surface area contributed by atoms with E-state index < -0.39 is 6.09 Å². The zero-order valence-electron chi connectivity index (χ0n) is 24.4. The van der Waals surface area contributed by atoms with E-state index in [1.807, 2.05) is 68.4 Å². The molecule has 1 saturated heterocycles. The van der Waals surface area contributed by atoms with E-state index in [1.54, 1.807) is 36.4 Å². The van der Waals surface area contributed by atoms with Gasteiger partial charge >= 0.3 is 6.09 Å². The number of hydrogen-bond donors (Lipinski definition) is 1. The molecule has 0 unspecified atom stereocenters. The first kappa shape index (κ1) is 28.9. The average Bonchev–Trinajstić information content (AvgIpc) is 3.01. The molecule has 5 rings (SSSR count). The molecule has 218 valence electrons. The van der Waals surface area contributed by atoms with Crippen LogP contribution in [0.15, 0.2) is 79.0 Å². The van der Waals surface area contributed by atoms with Gasteiger partial charge in [-0.2, -0.15) is 4.98 Å². The van der Waals surface area contributed by atoms with E-state index in [0.717, 1.165) is 47.9 Å². The number of nitrogens with zero attached hydrogens (tertiary/aromatic N) is 4. The van der Waals surface area contributed by atoms with Crippen LogP contribution in [0.1, 0.15) is 30.4 Å². The van der Waals surface area contributed by atoms with Crippen molar-refractivity contribution < 1.29 is 19.0 Å². The Morgan fingerprint density at radius 1 is 0.905 bits per heavy atom.